The number of H-pyrrole nitrogens is 1. The predicted octanol–water partition coefficient (Wildman–Crippen LogP) is 1.71. The Bertz CT molecular complexity index is 1020. The molecule has 0 radical (unpaired) electrons. The molecule has 1 fully saturated rings. The van der Waals surface area contributed by atoms with Crippen molar-refractivity contribution in [3.63, 3.8) is 0 Å². The zero-order valence-corrected chi connectivity index (χ0v) is 15.2. The van der Waals surface area contributed by atoms with E-state index in [9.17, 15) is 32.7 Å². The lowest BCUT2D eigenvalue weighted by Crippen LogP contribution is -2.36. The molecule has 0 spiro atoms. The van der Waals surface area contributed by atoms with E-state index >= 15 is 0 Å². The second-order valence-corrected chi connectivity index (χ2v) is 6.64. The zero-order valence-electron chi connectivity index (χ0n) is 14.5. The van der Waals surface area contributed by atoms with E-state index in [-0.39, 0.29) is 12.0 Å². The number of hydrogen-bond donors (Lipinski definition) is 2. The van der Waals surface area contributed by atoms with E-state index in [0.29, 0.717) is 15.8 Å². The van der Waals surface area contributed by atoms with Gasteiger partial charge in [0, 0.05) is 17.6 Å². The number of alkyl halides is 3. The first-order chi connectivity index (χ1) is 13.6. The summed E-state index contributed by atoms with van der Waals surface area (Å²) in [5.74, 6) is -0.765. The summed E-state index contributed by atoms with van der Waals surface area (Å²) in [6, 6.07) is 5.75. The number of hydrogen-bond acceptors (Lipinski definition) is 6. The minimum absolute atomic E-state index is 0.162. The number of carbonyl (C=O) groups excluding carboxylic acids is 1. The molecule has 1 saturated heterocycles. The van der Waals surface area contributed by atoms with E-state index in [1.54, 1.807) is 4.98 Å². The Morgan fingerprint density at radius 2 is 1.97 bits per heavy atom. The molecule has 2 N–H and O–H groups in total. The van der Waals surface area contributed by atoms with E-state index in [1.807, 2.05) is 0 Å². The average Bonchev–Trinajstić information content (AvgIpc) is 3.03. The fourth-order valence-electron chi connectivity index (χ4n) is 2.85. The molecule has 3 atom stereocenters. The molecule has 1 aromatic heterocycles. The average molecular weight is 435 g/mol. The first-order valence-electron chi connectivity index (χ1n) is 8.25. The number of aromatic amines is 1. The van der Waals surface area contributed by atoms with Gasteiger partial charge in [-0.15, -0.1) is 0 Å². The molecule has 0 bridgehead atoms. The number of aromatic nitrogens is 2. The first-order valence-corrected chi connectivity index (χ1v) is 8.63. The van der Waals surface area contributed by atoms with E-state index in [4.69, 9.17) is 21.1 Å². The predicted molar refractivity (Wildman–Crippen MR) is 92.6 cm³/mol. The molecule has 12 heteroatoms. The van der Waals surface area contributed by atoms with Crippen molar-refractivity contribution >= 4 is 17.6 Å². The zero-order chi connectivity index (χ0) is 21.3. The Kier molecular flexibility index (Phi) is 5.82. The third kappa shape index (κ3) is 4.52. The second kappa shape index (κ2) is 8.01. The number of ether oxygens (including phenoxy) is 2. The van der Waals surface area contributed by atoms with Crippen LogP contribution in [0.5, 0.6) is 0 Å². The van der Waals surface area contributed by atoms with Crippen molar-refractivity contribution in [2.45, 2.75) is 31.0 Å². The van der Waals surface area contributed by atoms with Crippen LogP contribution in [0, 0.1) is 0 Å². The molecule has 29 heavy (non-hydrogen) atoms. The molecule has 1 aromatic carbocycles. The largest absolute Gasteiger partial charge is 0.456 e. The van der Waals surface area contributed by atoms with Gasteiger partial charge in [0.15, 0.2) is 0 Å². The van der Waals surface area contributed by atoms with Crippen LogP contribution in [0.3, 0.4) is 0 Å². The highest BCUT2D eigenvalue weighted by atomic mass is 35.5. The molecule has 0 saturated carbocycles. The van der Waals surface area contributed by atoms with Crippen molar-refractivity contribution in [3.05, 3.63) is 67.4 Å². The van der Waals surface area contributed by atoms with Crippen LogP contribution >= 0.6 is 11.6 Å². The van der Waals surface area contributed by atoms with Gasteiger partial charge in [0.05, 0.1) is 12.2 Å². The highest BCUT2D eigenvalue weighted by Gasteiger charge is 2.41. The SMILES string of the molecule is O=C(OC1C[C@@H](n2cc(C(F)(F)F)c(=O)[nH]c2=O)O[C@H]1CO)c1ccc(Cl)cc1. The van der Waals surface area contributed by atoms with E-state index in [2.05, 4.69) is 0 Å². The maximum atomic E-state index is 13.0. The number of rotatable bonds is 4. The van der Waals surface area contributed by atoms with Crippen LogP contribution in [0.15, 0.2) is 40.1 Å². The van der Waals surface area contributed by atoms with Crippen molar-refractivity contribution in [1.82, 2.24) is 9.55 Å². The van der Waals surface area contributed by atoms with Crippen molar-refractivity contribution in [2.24, 2.45) is 0 Å². The van der Waals surface area contributed by atoms with Crippen LogP contribution in [0.1, 0.15) is 28.6 Å². The summed E-state index contributed by atoms with van der Waals surface area (Å²) < 4.78 is 50.1. The molecule has 8 nitrogen and oxygen atoms in total. The van der Waals surface area contributed by atoms with Gasteiger partial charge in [0.1, 0.15) is 24.0 Å². The standard InChI is InChI=1S/C17H14ClF3N2O6/c18-9-3-1-8(2-4-9)15(26)29-11-5-13(28-12(11)7-24)23-6-10(17(19,20)21)14(25)22-16(23)27/h1-4,6,11-13,24H,5,7H2,(H,22,25,27)/t11?,12-,13-/m0/s1. The highest BCUT2D eigenvalue weighted by molar-refractivity contribution is 6.30. The summed E-state index contributed by atoms with van der Waals surface area (Å²) in [7, 11) is 0. The van der Waals surface area contributed by atoms with Crippen molar-refractivity contribution in [2.75, 3.05) is 6.61 Å². The molecular formula is C17H14ClF3N2O6. The molecule has 0 amide bonds. The number of aliphatic hydroxyl groups is 1. The summed E-state index contributed by atoms with van der Waals surface area (Å²) >= 11 is 5.75. The Balaban J connectivity index is 1.84. The van der Waals surface area contributed by atoms with Crippen LogP contribution < -0.4 is 11.2 Å². The number of carbonyl (C=O) groups is 1. The maximum absolute atomic E-state index is 13.0. The minimum Gasteiger partial charge on any atom is -0.456 e. The smallest absolute Gasteiger partial charge is 0.423 e. The highest BCUT2D eigenvalue weighted by Crippen LogP contribution is 2.32. The molecule has 1 unspecified atom stereocenters. The molecule has 1 aliphatic rings. The number of aliphatic hydroxyl groups excluding tert-OH is 1. The molecule has 2 aromatic rings. The van der Waals surface area contributed by atoms with Crippen molar-refractivity contribution in [3.8, 4) is 0 Å². The lowest BCUT2D eigenvalue weighted by atomic mass is 10.1. The van der Waals surface area contributed by atoms with Gasteiger partial charge in [0.25, 0.3) is 5.56 Å². The summed E-state index contributed by atoms with van der Waals surface area (Å²) in [5.41, 5.74) is -4.13. The Morgan fingerprint density at radius 1 is 1.31 bits per heavy atom. The van der Waals surface area contributed by atoms with Crippen LogP contribution in [-0.2, 0) is 15.7 Å². The third-order valence-corrected chi connectivity index (χ3v) is 4.53. The van der Waals surface area contributed by atoms with E-state index < -0.39 is 54.0 Å². The molecule has 2 heterocycles. The lowest BCUT2D eigenvalue weighted by molar-refractivity contribution is -0.139. The number of benzene rings is 1. The molecule has 3 rings (SSSR count). The molecule has 156 valence electrons. The first kappa shape index (κ1) is 21.1. The molecule has 1 aliphatic heterocycles. The fourth-order valence-corrected chi connectivity index (χ4v) is 2.98. The number of nitrogens with one attached hydrogen (secondary N) is 1. The Labute approximate surface area is 165 Å². The summed E-state index contributed by atoms with van der Waals surface area (Å²) in [5, 5.41) is 9.86. The van der Waals surface area contributed by atoms with Crippen molar-refractivity contribution in [1.29, 1.82) is 0 Å². The van der Waals surface area contributed by atoms with Gasteiger partial charge in [-0.1, -0.05) is 11.6 Å². The van der Waals surface area contributed by atoms with Gasteiger partial charge in [-0.3, -0.25) is 14.3 Å². The summed E-state index contributed by atoms with van der Waals surface area (Å²) in [6.45, 7) is -0.612. The van der Waals surface area contributed by atoms with Crippen LogP contribution in [0.2, 0.25) is 5.02 Å². The van der Waals surface area contributed by atoms with Gasteiger partial charge in [-0.25, -0.2) is 9.59 Å². The minimum atomic E-state index is -4.99. The van der Waals surface area contributed by atoms with Crippen LogP contribution in [0.25, 0.3) is 0 Å². The van der Waals surface area contributed by atoms with E-state index in [1.165, 1.54) is 24.3 Å². The quantitative estimate of drug-likeness (QED) is 0.709. The van der Waals surface area contributed by atoms with Gasteiger partial charge in [-0.2, -0.15) is 13.2 Å². The van der Waals surface area contributed by atoms with Crippen molar-refractivity contribution < 1.29 is 32.5 Å². The second-order valence-electron chi connectivity index (χ2n) is 6.21. The maximum Gasteiger partial charge on any atom is 0.423 e. The Hall–Kier alpha value is -2.63. The lowest BCUT2D eigenvalue weighted by Gasteiger charge is -2.16. The molecule has 0 aliphatic carbocycles. The third-order valence-electron chi connectivity index (χ3n) is 4.28. The van der Waals surface area contributed by atoms with Gasteiger partial charge >= 0.3 is 17.8 Å². The van der Waals surface area contributed by atoms with Gasteiger partial charge in [-0.05, 0) is 24.3 Å². The van der Waals surface area contributed by atoms with Gasteiger partial charge in [0.2, 0.25) is 0 Å². The number of nitrogens with zero attached hydrogens (tertiary/aromatic N) is 1. The van der Waals surface area contributed by atoms with E-state index in [0.717, 1.165) is 0 Å². The number of halogens is 4. The Morgan fingerprint density at radius 3 is 2.55 bits per heavy atom. The topological polar surface area (TPSA) is 111 Å². The summed E-state index contributed by atoms with van der Waals surface area (Å²) in [4.78, 5) is 37.2. The van der Waals surface area contributed by atoms with Crippen LogP contribution in [0.4, 0.5) is 13.2 Å². The van der Waals surface area contributed by atoms with Gasteiger partial charge < -0.3 is 14.6 Å². The normalized spacial score (nSPS) is 21.9. The number of esters is 1. The van der Waals surface area contributed by atoms with Crippen LogP contribution in [-0.4, -0.2) is 39.4 Å². The monoisotopic (exact) mass is 434 g/mol. The fraction of sp³-hybridized carbons (Fsp3) is 0.353. The molecular weight excluding hydrogens is 421 g/mol. The summed E-state index contributed by atoms with van der Waals surface area (Å²) in [6.07, 6.45) is -8.28.